The number of aromatic nitrogens is 3. The van der Waals surface area contributed by atoms with Crippen LogP contribution in [0.4, 0.5) is 0 Å². The molecule has 2 heterocycles. The Morgan fingerprint density at radius 1 is 0.971 bits per heavy atom. The summed E-state index contributed by atoms with van der Waals surface area (Å²) in [6, 6.07) is 31.7. The van der Waals surface area contributed by atoms with Crippen LogP contribution in [0.25, 0.3) is 44.4 Å². The molecule has 0 aliphatic rings. The first kappa shape index (κ1) is 20.0. The van der Waals surface area contributed by atoms with Gasteiger partial charge in [-0.3, -0.25) is 0 Å². The van der Waals surface area contributed by atoms with Crippen molar-refractivity contribution in [2.24, 2.45) is 0 Å². The van der Waals surface area contributed by atoms with E-state index in [1.165, 1.54) is 16.3 Å². The van der Waals surface area contributed by atoms with Crippen LogP contribution in [0, 0.1) is 18.3 Å². The Labute approximate surface area is 197 Å². The Bertz CT molecular complexity index is 1750. The molecule has 0 aliphatic heterocycles. The number of hydrogen-bond acceptors (Lipinski definition) is 2. The van der Waals surface area contributed by atoms with E-state index in [2.05, 4.69) is 93.5 Å². The number of allylic oxidation sites excluding steroid dienone is 1. The number of fused-ring (bicyclic) bond motifs is 3. The van der Waals surface area contributed by atoms with Crippen LogP contribution < -0.4 is 0 Å². The van der Waals surface area contributed by atoms with Gasteiger partial charge < -0.3 is 9.55 Å². The Hall–Kier alpha value is -4.62. The predicted molar refractivity (Wildman–Crippen MR) is 139 cm³/mol. The summed E-state index contributed by atoms with van der Waals surface area (Å²) >= 11 is 0. The zero-order chi connectivity index (χ0) is 23.1. The molecule has 0 spiro atoms. The number of rotatable bonds is 4. The molecule has 0 saturated heterocycles. The van der Waals surface area contributed by atoms with Gasteiger partial charge in [0.25, 0.3) is 0 Å². The number of benzene rings is 4. The third-order valence-corrected chi connectivity index (χ3v) is 6.35. The van der Waals surface area contributed by atoms with Gasteiger partial charge in [-0.2, -0.15) is 5.26 Å². The second-order valence-corrected chi connectivity index (χ2v) is 8.64. The predicted octanol–water partition coefficient (Wildman–Crippen LogP) is 7.09. The minimum absolute atomic E-state index is 0.516. The summed E-state index contributed by atoms with van der Waals surface area (Å²) in [5, 5.41) is 13.6. The maximum atomic E-state index is 9.97. The van der Waals surface area contributed by atoms with Crippen molar-refractivity contribution >= 4 is 44.4 Å². The first-order valence-corrected chi connectivity index (χ1v) is 11.3. The van der Waals surface area contributed by atoms with E-state index in [9.17, 15) is 5.26 Å². The van der Waals surface area contributed by atoms with E-state index in [-0.39, 0.29) is 0 Å². The average molecular weight is 439 g/mol. The molecular formula is C30H22N4. The van der Waals surface area contributed by atoms with E-state index in [1.54, 1.807) is 0 Å². The second-order valence-electron chi connectivity index (χ2n) is 8.64. The number of hydrogen-bond donors (Lipinski definition) is 1. The van der Waals surface area contributed by atoms with Gasteiger partial charge in [-0.1, -0.05) is 66.7 Å². The molecule has 0 amide bonds. The standard InChI is InChI=1S/C30H22N4/c1-20-13-14-27-28(15-20)33-30(32-27)23(17-31)16-24-19-34(29-12-5-4-11-26(24)29)18-22-9-6-8-21-7-2-3-10-25(21)22/h2-16,19H,18H2,1H3,(H,32,33). The van der Waals surface area contributed by atoms with Gasteiger partial charge in [-0.05, 0) is 53.1 Å². The highest BCUT2D eigenvalue weighted by Crippen LogP contribution is 2.28. The summed E-state index contributed by atoms with van der Waals surface area (Å²) in [7, 11) is 0. The van der Waals surface area contributed by atoms with Gasteiger partial charge in [-0.25, -0.2) is 4.98 Å². The fourth-order valence-electron chi connectivity index (χ4n) is 4.70. The van der Waals surface area contributed by atoms with Crippen molar-refractivity contribution in [2.75, 3.05) is 0 Å². The number of aromatic amines is 1. The Kier molecular flexibility index (Phi) is 4.75. The number of nitriles is 1. The highest BCUT2D eigenvalue weighted by molar-refractivity contribution is 5.98. The molecule has 2 aromatic heterocycles. The minimum atomic E-state index is 0.516. The van der Waals surface area contributed by atoms with Gasteiger partial charge in [0.2, 0.25) is 0 Å². The molecule has 6 rings (SSSR count). The lowest BCUT2D eigenvalue weighted by Crippen LogP contribution is -1.98. The number of para-hydroxylation sites is 1. The van der Waals surface area contributed by atoms with Crippen LogP contribution in [0.1, 0.15) is 22.5 Å². The Morgan fingerprint density at radius 3 is 2.65 bits per heavy atom. The third kappa shape index (κ3) is 3.44. The van der Waals surface area contributed by atoms with Crippen LogP contribution in [0.15, 0.2) is 91.1 Å². The summed E-state index contributed by atoms with van der Waals surface area (Å²) in [6.45, 7) is 2.80. The molecule has 0 bridgehead atoms. The van der Waals surface area contributed by atoms with Crippen molar-refractivity contribution in [3.8, 4) is 6.07 Å². The average Bonchev–Trinajstić information content (AvgIpc) is 3.44. The minimum Gasteiger partial charge on any atom is -0.342 e. The highest BCUT2D eigenvalue weighted by Gasteiger charge is 2.12. The fraction of sp³-hybridized carbons (Fsp3) is 0.0667. The maximum absolute atomic E-state index is 9.97. The van der Waals surface area contributed by atoms with Gasteiger partial charge in [0.1, 0.15) is 11.9 Å². The van der Waals surface area contributed by atoms with E-state index in [0.29, 0.717) is 11.4 Å². The van der Waals surface area contributed by atoms with Crippen molar-refractivity contribution < 1.29 is 0 Å². The molecule has 0 saturated carbocycles. The highest BCUT2D eigenvalue weighted by atomic mass is 15.0. The van der Waals surface area contributed by atoms with Crippen LogP contribution in [0.5, 0.6) is 0 Å². The number of nitrogens with zero attached hydrogens (tertiary/aromatic N) is 3. The van der Waals surface area contributed by atoms with Crippen molar-refractivity contribution in [1.29, 1.82) is 5.26 Å². The van der Waals surface area contributed by atoms with Crippen molar-refractivity contribution in [3.05, 3.63) is 114 Å². The van der Waals surface area contributed by atoms with Crippen LogP contribution in [-0.2, 0) is 6.54 Å². The molecule has 1 N–H and O–H groups in total. The lowest BCUT2D eigenvalue weighted by molar-refractivity contribution is 0.842. The molecule has 4 nitrogen and oxygen atoms in total. The molecule has 162 valence electrons. The van der Waals surface area contributed by atoms with Crippen molar-refractivity contribution in [1.82, 2.24) is 14.5 Å². The third-order valence-electron chi connectivity index (χ3n) is 6.35. The quantitative estimate of drug-likeness (QED) is 0.299. The summed E-state index contributed by atoms with van der Waals surface area (Å²) < 4.78 is 2.26. The largest absolute Gasteiger partial charge is 0.342 e. The fourth-order valence-corrected chi connectivity index (χ4v) is 4.70. The molecule has 0 atom stereocenters. The summed E-state index contributed by atoms with van der Waals surface area (Å²) in [5.41, 5.74) is 6.88. The molecule has 0 unspecified atom stereocenters. The molecule has 6 aromatic rings. The molecule has 4 heteroatoms. The zero-order valence-corrected chi connectivity index (χ0v) is 18.8. The van der Waals surface area contributed by atoms with E-state index in [4.69, 9.17) is 0 Å². The van der Waals surface area contributed by atoms with Crippen LogP contribution in [0.2, 0.25) is 0 Å². The summed E-state index contributed by atoms with van der Waals surface area (Å²) in [5.74, 6) is 0.592. The second kappa shape index (κ2) is 8.06. The lowest BCUT2D eigenvalue weighted by Gasteiger charge is -2.09. The van der Waals surface area contributed by atoms with Crippen molar-refractivity contribution in [2.45, 2.75) is 13.5 Å². The van der Waals surface area contributed by atoms with Crippen LogP contribution in [0.3, 0.4) is 0 Å². The Morgan fingerprint density at radius 2 is 1.76 bits per heavy atom. The smallest absolute Gasteiger partial charge is 0.149 e. The van der Waals surface area contributed by atoms with Crippen LogP contribution in [-0.4, -0.2) is 14.5 Å². The monoisotopic (exact) mass is 438 g/mol. The lowest BCUT2D eigenvalue weighted by atomic mass is 10.0. The van der Waals surface area contributed by atoms with E-state index < -0.39 is 0 Å². The van der Waals surface area contributed by atoms with Gasteiger partial charge in [0, 0.05) is 29.2 Å². The number of aryl methyl sites for hydroxylation is 1. The molecule has 4 aromatic carbocycles. The van der Waals surface area contributed by atoms with Gasteiger partial charge in [-0.15, -0.1) is 0 Å². The summed E-state index contributed by atoms with van der Waals surface area (Å²) in [6.07, 6.45) is 4.07. The van der Waals surface area contributed by atoms with Crippen molar-refractivity contribution in [3.63, 3.8) is 0 Å². The molecule has 0 fully saturated rings. The van der Waals surface area contributed by atoms with E-state index >= 15 is 0 Å². The molecular weight excluding hydrogens is 416 g/mol. The Balaban J connectivity index is 1.46. The van der Waals surface area contributed by atoms with Crippen LogP contribution >= 0.6 is 0 Å². The van der Waals surface area contributed by atoms with E-state index in [0.717, 1.165) is 39.6 Å². The van der Waals surface area contributed by atoms with Gasteiger partial charge in [0.05, 0.1) is 16.6 Å². The topological polar surface area (TPSA) is 57.4 Å². The summed E-state index contributed by atoms with van der Waals surface area (Å²) in [4.78, 5) is 7.97. The zero-order valence-electron chi connectivity index (χ0n) is 18.8. The first-order valence-electron chi connectivity index (χ1n) is 11.3. The maximum Gasteiger partial charge on any atom is 0.149 e. The SMILES string of the molecule is Cc1ccc2nc(C(C#N)=Cc3cn(Cc4cccc5ccccc45)c4ccccc34)[nH]c2c1. The molecule has 34 heavy (non-hydrogen) atoms. The molecule has 0 aliphatic carbocycles. The number of nitrogens with one attached hydrogen (secondary N) is 1. The molecule has 0 radical (unpaired) electrons. The van der Waals surface area contributed by atoms with Gasteiger partial charge >= 0.3 is 0 Å². The van der Waals surface area contributed by atoms with E-state index in [1.807, 2.05) is 31.2 Å². The number of H-pyrrole nitrogens is 1. The first-order chi connectivity index (χ1) is 16.7. The normalized spacial score (nSPS) is 11.9. The van der Waals surface area contributed by atoms with Gasteiger partial charge in [0.15, 0.2) is 0 Å². The number of imidazole rings is 1.